The van der Waals surface area contributed by atoms with Crippen LogP contribution in [0.4, 0.5) is 0 Å². The fourth-order valence-electron chi connectivity index (χ4n) is 4.22. The van der Waals surface area contributed by atoms with Gasteiger partial charge in [0.05, 0.1) is 30.4 Å². The molecule has 1 unspecified atom stereocenters. The van der Waals surface area contributed by atoms with Gasteiger partial charge >= 0.3 is 5.97 Å². The van der Waals surface area contributed by atoms with Crippen LogP contribution in [0.2, 0.25) is 0 Å². The first kappa shape index (κ1) is 26.6. The van der Waals surface area contributed by atoms with E-state index < -0.39 is 23.7 Å². The molecule has 3 aromatic rings. The highest BCUT2D eigenvalue weighted by Crippen LogP contribution is 2.40. The molecule has 2 heterocycles. The summed E-state index contributed by atoms with van der Waals surface area (Å²) in [7, 11) is 0. The average Bonchev–Trinajstić information content (AvgIpc) is 3.17. The summed E-state index contributed by atoms with van der Waals surface area (Å²) in [6, 6.07) is 16.0. The maximum Gasteiger partial charge on any atom is 0.338 e. The lowest BCUT2D eigenvalue weighted by Crippen LogP contribution is -2.29. The Balaban J connectivity index is 1.68. The number of ketones is 1. The van der Waals surface area contributed by atoms with Gasteiger partial charge in [-0.2, -0.15) is 0 Å². The number of nitrogens with zero attached hydrogens (tertiary/aromatic N) is 2. The van der Waals surface area contributed by atoms with Crippen molar-refractivity contribution >= 4 is 23.4 Å². The van der Waals surface area contributed by atoms with Crippen LogP contribution in [0, 0.1) is 5.92 Å². The zero-order chi connectivity index (χ0) is 27.2. The minimum atomic E-state index is -0.820. The molecule has 8 nitrogen and oxygen atoms in total. The van der Waals surface area contributed by atoms with E-state index in [0.717, 1.165) is 0 Å². The molecule has 2 aromatic carbocycles. The molecule has 1 fully saturated rings. The molecular formula is C30H30N2O6. The molecule has 0 spiro atoms. The van der Waals surface area contributed by atoms with E-state index in [9.17, 15) is 19.5 Å². The third kappa shape index (κ3) is 5.75. The molecule has 1 aliphatic heterocycles. The van der Waals surface area contributed by atoms with Crippen molar-refractivity contribution in [2.24, 2.45) is 5.92 Å². The maximum absolute atomic E-state index is 13.3. The molecule has 0 radical (unpaired) electrons. The SMILES string of the molecule is CCOC(=O)c1ccc(CN2C(=O)C(=O)/C(=C(/O)c3ccc(OCC(C)C)cc3)C2c2ccncc2)cc1. The van der Waals surface area contributed by atoms with Crippen LogP contribution in [0.5, 0.6) is 5.75 Å². The molecule has 1 saturated heterocycles. The van der Waals surface area contributed by atoms with Gasteiger partial charge in [-0.25, -0.2) is 4.79 Å². The standard InChI is InChI=1S/C30H30N2O6/c1-4-37-30(36)23-7-5-20(6-8-23)17-32-26(21-13-15-31-16-14-21)25(28(34)29(32)35)27(33)22-9-11-24(12-10-22)38-18-19(2)3/h5-16,19,26,33H,4,17-18H2,1-3H3/b27-25+. The van der Waals surface area contributed by atoms with Crippen molar-refractivity contribution in [3.05, 3.63) is 101 Å². The first-order chi connectivity index (χ1) is 18.3. The first-order valence-electron chi connectivity index (χ1n) is 12.5. The Morgan fingerprint density at radius 3 is 2.21 bits per heavy atom. The van der Waals surface area contributed by atoms with E-state index in [-0.39, 0.29) is 24.5 Å². The first-order valence-corrected chi connectivity index (χ1v) is 12.5. The molecule has 196 valence electrons. The number of pyridine rings is 1. The van der Waals surface area contributed by atoms with Crippen molar-refractivity contribution in [2.75, 3.05) is 13.2 Å². The number of benzene rings is 2. The Morgan fingerprint density at radius 2 is 1.61 bits per heavy atom. The van der Waals surface area contributed by atoms with Gasteiger partial charge in [0.1, 0.15) is 11.5 Å². The summed E-state index contributed by atoms with van der Waals surface area (Å²) in [5.74, 6) is -1.18. The molecule has 1 amide bonds. The third-order valence-corrected chi connectivity index (χ3v) is 6.09. The molecule has 0 saturated carbocycles. The zero-order valence-corrected chi connectivity index (χ0v) is 21.6. The Hall–Kier alpha value is -4.46. The summed E-state index contributed by atoms with van der Waals surface area (Å²) in [6.07, 6.45) is 3.15. The number of aliphatic hydroxyl groups is 1. The number of Topliss-reactive ketones (excluding diaryl/α,β-unsaturated/α-hetero) is 1. The number of esters is 1. The summed E-state index contributed by atoms with van der Waals surface area (Å²) in [5.41, 5.74) is 2.15. The number of hydrogen-bond acceptors (Lipinski definition) is 7. The van der Waals surface area contributed by atoms with E-state index in [4.69, 9.17) is 9.47 Å². The van der Waals surface area contributed by atoms with Gasteiger partial charge in [-0.05, 0) is 72.5 Å². The summed E-state index contributed by atoms with van der Waals surface area (Å²) >= 11 is 0. The number of hydrogen-bond donors (Lipinski definition) is 1. The van der Waals surface area contributed by atoms with Gasteiger partial charge in [0.2, 0.25) is 0 Å². The van der Waals surface area contributed by atoms with Gasteiger partial charge in [0.15, 0.2) is 0 Å². The van der Waals surface area contributed by atoms with Crippen molar-refractivity contribution in [1.82, 2.24) is 9.88 Å². The smallest absolute Gasteiger partial charge is 0.338 e. The van der Waals surface area contributed by atoms with Crippen molar-refractivity contribution in [2.45, 2.75) is 33.4 Å². The van der Waals surface area contributed by atoms with Crippen LogP contribution in [0.1, 0.15) is 53.9 Å². The van der Waals surface area contributed by atoms with Gasteiger partial charge < -0.3 is 19.5 Å². The van der Waals surface area contributed by atoms with Crippen LogP contribution >= 0.6 is 0 Å². The van der Waals surface area contributed by atoms with Gasteiger partial charge in [0, 0.05) is 24.5 Å². The number of carbonyl (C=O) groups excluding carboxylic acids is 3. The predicted molar refractivity (Wildman–Crippen MR) is 141 cm³/mol. The fourth-order valence-corrected chi connectivity index (χ4v) is 4.22. The van der Waals surface area contributed by atoms with Gasteiger partial charge in [-0.15, -0.1) is 0 Å². The topological polar surface area (TPSA) is 106 Å². The number of aliphatic hydroxyl groups excluding tert-OH is 1. The number of rotatable bonds is 9. The van der Waals surface area contributed by atoms with Crippen molar-refractivity contribution < 1.29 is 29.0 Å². The van der Waals surface area contributed by atoms with Gasteiger partial charge in [0.25, 0.3) is 11.7 Å². The fraction of sp³-hybridized carbons (Fsp3) is 0.267. The van der Waals surface area contributed by atoms with Crippen molar-refractivity contribution in [3.63, 3.8) is 0 Å². The number of aromatic nitrogens is 1. The third-order valence-electron chi connectivity index (χ3n) is 6.09. The summed E-state index contributed by atoms with van der Waals surface area (Å²) < 4.78 is 10.7. The zero-order valence-electron chi connectivity index (χ0n) is 21.6. The minimum absolute atomic E-state index is 0.000178. The Morgan fingerprint density at radius 1 is 0.974 bits per heavy atom. The van der Waals surface area contributed by atoms with Crippen LogP contribution in [-0.4, -0.2) is 45.9 Å². The second-order valence-corrected chi connectivity index (χ2v) is 9.35. The molecule has 38 heavy (non-hydrogen) atoms. The average molecular weight is 515 g/mol. The van der Waals surface area contributed by atoms with Crippen molar-refractivity contribution in [1.29, 1.82) is 0 Å². The van der Waals surface area contributed by atoms with E-state index in [1.165, 1.54) is 4.90 Å². The lowest BCUT2D eigenvalue weighted by atomic mass is 9.95. The summed E-state index contributed by atoms with van der Waals surface area (Å²) in [5, 5.41) is 11.3. The van der Waals surface area contributed by atoms with Gasteiger partial charge in [-0.3, -0.25) is 14.6 Å². The molecule has 1 aliphatic rings. The van der Waals surface area contributed by atoms with Crippen LogP contribution in [0.15, 0.2) is 78.6 Å². The predicted octanol–water partition coefficient (Wildman–Crippen LogP) is 4.92. The Bertz CT molecular complexity index is 1330. The minimum Gasteiger partial charge on any atom is -0.507 e. The van der Waals surface area contributed by atoms with E-state index >= 15 is 0 Å². The molecule has 4 rings (SSSR count). The van der Waals surface area contributed by atoms with Crippen LogP contribution in [-0.2, 0) is 20.9 Å². The molecule has 0 aliphatic carbocycles. The molecule has 1 N–H and O–H groups in total. The number of ether oxygens (including phenoxy) is 2. The van der Waals surface area contributed by atoms with Crippen molar-refractivity contribution in [3.8, 4) is 5.75 Å². The van der Waals surface area contributed by atoms with E-state index in [1.54, 1.807) is 80.0 Å². The highest BCUT2D eigenvalue weighted by atomic mass is 16.5. The number of likely N-dealkylation sites (tertiary alicyclic amines) is 1. The Labute approximate surface area is 221 Å². The largest absolute Gasteiger partial charge is 0.507 e. The number of amides is 1. The maximum atomic E-state index is 13.3. The van der Waals surface area contributed by atoms with Crippen LogP contribution < -0.4 is 4.74 Å². The molecule has 1 aromatic heterocycles. The lowest BCUT2D eigenvalue weighted by Gasteiger charge is -2.25. The van der Waals surface area contributed by atoms with Crippen LogP contribution in [0.3, 0.4) is 0 Å². The van der Waals surface area contributed by atoms with Gasteiger partial charge in [-0.1, -0.05) is 26.0 Å². The highest BCUT2D eigenvalue weighted by molar-refractivity contribution is 6.46. The van der Waals surface area contributed by atoms with E-state index in [1.807, 2.05) is 13.8 Å². The highest BCUT2D eigenvalue weighted by Gasteiger charge is 2.46. The lowest BCUT2D eigenvalue weighted by molar-refractivity contribution is -0.140. The molecule has 8 heteroatoms. The quantitative estimate of drug-likeness (QED) is 0.187. The molecule has 0 bridgehead atoms. The molecular weight excluding hydrogens is 484 g/mol. The Kier molecular flexibility index (Phi) is 8.21. The number of carbonyl (C=O) groups is 3. The monoisotopic (exact) mass is 514 g/mol. The second-order valence-electron chi connectivity index (χ2n) is 9.35. The summed E-state index contributed by atoms with van der Waals surface area (Å²) in [4.78, 5) is 43.9. The van der Waals surface area contributed by atoms with E-state index in [0.29, 0.717) is 40.5 Å². The summed E-state index contributed by atoms with van der Waals surface area (Å²) in [6.45, 7) is 6.75. The van der Waals surface area contributed by atoms with E-state index in [2.05, 4.69) is 4.98 Å². The molecule has 1 atom stereocenters. The second kappa shape index (κ2) is 11.7. The van der Waals surface area contributed by atoms with Crippen LogP contribution in [0.25, 0.3) is 5.76 Å². The normalized spacial score (nSPS) is 16.6.